The van der Waals surface area contributed by atoms with Gasteiger partial charge in [-0.15, -0.1) is 11.3 Å². The quantitative estimate of drug-likeness (QED) is 0.555. The Hall–Kier alpha value is -2.99. The average Bonchev–Trinajstić information content (AvgIpc) is 2.97. The molecule has 5 nitrogen and oxygen atoms in total. The molecule has 0 aliphatic heterocycles. The number of nitrogens with zero attached hydrogens (tertiary/aromatic N) is 3. The van der Waals surface area contributed by atoms with E-state index in [0.717, 1.165) is 32.3 Å². The molecule has 0 unspecified atom stereocenters. The largest absolute Gasteiger partial charge is 0.507 e. The molecule has 2 heterocycles. The minimum atomic E-state index is 0.174. The smallest absolute Gasteiger partial charge is 0.227 e. The molecule has 25 heavy (non-hydrogen) atoms. The topological polar surface area (TPSA) is 70.9 Å². The number of benzene rings is 2. The number of nitrogens with one attached hydrogen (secondary N) is 1. The predicted molar refractivity (Wildman–Crippen MR) is 102 cm³/mol. The van der Waals surface area contributed by atoms with Gasteiger partial charge in [0, 0.05) is 23.1 Å². The molecule has 0 saturated heterocycles. The third-order valence-electron chi connectivity index (χ3n) is 3.76. The number of aromatic hydroxyl groups is 1. The van der Waals surface area contributed by atoms with Gasteiger partial charge in [0.15, 0.2) is 0 Å². The summed E-state index contributed by atoms with van der Waals surface area (Å²) in [7, 11) is 0. The molecule has 0 radical (unpaired) electrons. The summed E-state index contributed by atoms with van der Waals surface area (Å²) in [6.45, 7) is 3.85. The first-order chi connectivity index (χ1) is 12.1. The van der Waals surface area contributed by atoms with Crippen LogP contribution in [0.3, 0.4) is 0 Å². The van der Waals surface area contributed by atoms with Crippen molar-refractivity contribution in [3.63, 3.8) is 0 Å². The second-order valence-corrected chi connectivity index (χ2v) is 6.85. The fourth-order valence-electron chi connectivity index (χ4n) is 2.69. The molecule has 6 heteroatoms. The molecule has 0 spiro atoms. The van der Waals surface area contributed by atoms with E-state index in [1.165, 1.54) is 0 Å². The molecule has 2 aromatic carbocycles. The molecular formula is C19H16N4OS. The third kappa shape index (κ3) is 3.16. The Labute approximate surface area is 149 Å². The van der Waals surface area contributed by atoms with Gasteiger partial charge in [-0.05, 0) is 44.2 Å². The molecule has 0 saturated carbocycles. The van der Waals surface area contributed by atoms with Crippen LogP contribution < -0.4 is 5.32 Å². The Morgan fingerprint density at radius 1 is 0.920 bits per heavy atom. The first-order valence-electron chi connectivity index (χ1n) is 7.87. The van der Waals surface area contributed by atoms with Gasteiger partial charge >= 0.3 is 0 Å². The fourth-order valence-corrected chi connectivity index (χ4v) is 3.69. The third-order valence-corrected chi connectivity index (χ3v) is 4.83. The Kier molecular flexibility index (Phi) is 3.82. The minimum Gasteiger partial charge on any atom is -0.507 e. The summed E-state index contributed by atoms with van der Waals surface area (Å²) >= 11 is 1.56. The number of phenolic OH excluding ortho intramolecular Hbond substituents is 1. The first kappa shape index (κ1) is 15.5. The highest BCUT2D eigenvalue weighted by molar-refractivity contribution is 7.21. The maximum Gasteiger partial charge on any atom is 0.227 e. The van der Waals surface area contributed by atoms with Crippen LogP contribution in [0.5, 0.6) is 5.75 Å². The van der Waals surface area contributed by atoms with Gasteiger partial charge in [0.25, 0.3) is 0 Å². The number of rotatable bonds is 3. The lowest BCUT2D eigenvalue weighted by molar-refractivity contribution is 0.477. The summed E-state index contributed by atoms with van der Waals surface area (Å²) < 4.78 is 1.10. The van der Waals surface area contributed by atoms with E-state index >= 15 is 0 Å². The average molecular weight is 348 g/mol. The van der Waals surface area contributed by atoms with Gasteiger partial charge in [-0.25, -0.2) is 15.0 Å². The van der Waals surface area contributed by atoms with E-state index in [1.54, 1.807) is 17.4 Å². The van der Waals surface area contributed by atoms with Crippen molar-refractivity contribution in [2.24, 2.45) is 0 Å². The van der Waals surface area contributed by atoms with Crippen molar-refractivity contribution in [2.75, 3.05) is 5.32 Å². The number of fused-ring (bicyclic) bond motifs is 1. The van der Waals surface area contributed by atoms with Crippen LogP contribution in [0.15, 0.2) is 48.5 Å². The van der Waals surface area contributed by atoms with Gasteiger partial charge in [-0.1, -0.05) is 12.1 Å². The molecule has 2 aromatic heterocycles. The Morgan fingerprint density at radius 2 is 1.68 bits per heavy atom. The van der Waals surface area contributed by atoms with E-state index in [0.29, 0.717) is 11.5 Å². The van der Waals surface area contributed by atoms with Gasteiger partial charge in [0.05, 0.1) is 15.8 Å². The van der Waals surface area contributed by atoms with Crippen LogP contribution in [0.4, 0.5) is 11.6 Å². The van der Waals surface area contributed by atoms with Crippen molar-refractivity contribution >= 4 is 33.2 Å². The molecule has 0 atom stereocenters. The lowest BCUT2D eigenvalue weighted by Gasteiger charge is -2.08. The zero-order valence-corrected chi connectivity index (χ0v) is 14.6. The molecular weight excluding hydrogens is 332 g/mol. The summed E-state index contributed by atoms with van der Waals surface area (Å²) in [5.74, 6) is 0.693. The Bertz CT molecular complexity index is 1020. The number of para-hydroxylation sites is 1. The van der Waals surface area contributed by atoms with Crippen molar-refractivity contribution in [2.45, 2.75) is 13.8 Å². The van der Waals surface area contributed by atoms with Crippen LogP contribution in [0, 0.1) is 13.8 Å². The van der Waals surface area contributed by atoms with E-state index < -0.39 is 0 Å². The Morgan fingerprint density at radius 3 is 2.40 bits per heavy atom. The van der Waals surface area contributed by atoms with Crippen LogP contribution in [0.25, 0.3) is 20.8 Å². The first-order valence-corrected chi connectivity index (χ1v) is 8.68. The van der Waals surface area contributed by atoms with Crippen molar-refractivity contribution in [3.8, 4) is 16.3 Å². The van der Waals surface area contributed by atoms with Gasteiger partial charge in [-0.3, -0.25) is 0 Å². The zero-order valence-electron chi connectivity index (χ0n) is 13.8. The van der Waals surface area contributed by atoms with Gasteiger partial charge < -0.3 is 10.4 Å². The van der Waals surface area contributed by atoms with Crippen LogP contribution >= 0.6 is 11.3 Å². The number of phenols is 1. The second kappa shape index (κ2) is 6.14. The monoisotopic (exact) mass is 348 g/mol. The van der Waals surface area contributed by atoms with E-state index in [4.69, 9.17) is 0 Å². The maximum atomic E-state index is 10.4. The van der Waals surface area contributed by atoms with Crippen LogP contribution in [-0.2, 0) is 0 Å². The molecule has 0 bridgehead atoms. The SMILES string of the molecule is Cc1cc(C)nc(Nc2ccc(-c3nc4ccccc4s3)c(O)c2)n1. The summed E-state index contributed by atoms with van der Waals surface area (Å²) in [5, 5.41) is 14.4. The Balaban J connectivity index is 1.66. The summed E-state index contributed by atoms with van der Waals surface area (Å²) in [6, 6.07) is 15.3. The highest BCUT2D eigenvalue weighted by atomic mass is 32.1. The second-order valence-electron chi connectivity index (χ2n) is 5.82. The molecule has 2 N–H and O–H groups in total. The minimum absolute atomic E-state index is 0.174. The molecule has 4 aromatic rings. The van der Waals surface area contributed by atoms with E-state index in [1.807, 2.05) is 56.3 Å². The molecule has 4 rings (SSSR count). The summed E-state index contributed by atoms with van der Waals surface area (Å²) in [5.41, 5.74) is 4.17. The number of aryl methyl sites for hydroxylation is 2. The van der Waals surface area contributed by atoms with Crippen molar-refractivity contribution < 1.29 is 5.11 Å². The molecule has 124 valence electrons. The van der Waals surface area contributed by atoms with E-state index in [9.17, 15) is 5.11 Å². The highest BCUT2D eigenvalue weighted by Gasteiger charge is 2.11. The molecule has 0 fully saturated rings. The molecule has 0 aliphatic carbocycles. The summed E-state index contributed by atoms with van der Waals surface area (Å²) in [4.78, 5) is 13.3. The van der Waals surface area contributed by atoms with E-state index in [-0.39, 0.29) is 5.75 Å². The number of anilines is 2. The van der Waals surface area contributed by atoms with Crippen LogP contribution in [0.1, 0.15) is 11.4 Å². The van der Waals surface area contributed by atoms with E-state index in [2.05, 4.69) is 20.3 Å². The van der Waals surface area contributed by atoms with Gasteiger partial charge in [0.1, 0.15) is 10.8 Å². The normalized spacial score (nSPS) is 11.0. The fraction of sp³-hybridized carbons (Fsp3) is 0.105. The number of thiazole rings is 1. The lowest BCUT2D eigenvalue weighted by Crippen LogP contribution is -1.99. The number of hydrogen-bond donors (Lipinski definition) is 2. The molecule has 0 amide bonds. The zero-order chi connectivity index (χ0) is 17.4. The van der Waals surface area contributed by atoms with Gasteiger partial charge in [-0.2, -0.15) is 0 Å². The number of aromatic nitrogens is 3. The predicted octanol–water partition coefficient (Wildman–Crippen LogP) is 4.82. The number of hydrogen-bond acceptors (Lipinski definition) is 6. The van der Waals surface area contributed by atoms with Crippen molar-refractivity contribution in [1.29, 1.82) is 0 Å². The van der Waals surface area contributed by atoms with Gasteiger partial charge in [0.2, 0.25) is 5.95 Å². The maximum absolute atomic E-state index is 10.4. The van der Waals surface area contributed by atoms with Crippen LogP contribution in [-0.4, -0.2) is 20.1 Å². The van der Waals surface area contributed by atoms with Crippen LogP contribution in [0.2, 0.25) is 0 Å². The molecule has 0 aliphatic rings. The highest BCUT2D eigenvalue weighted by Crippen LogP contribution is 2.36. The lowest BCUT2D eigenvalue weighted by atomic mass is 10.2. The van der Waals surface area contributed by atoms with Crippen molar-refractivity contribution in [1.82, 2.24) is 15.0 Å². The summed E-state index contributed by atoms with van der Waals surface area (Å²) in [6.07, 6.45) is 0. The standard InChI is InChI=1S/C19H16N4OS/c1-11-9-12(2)21-19(20-11)22-13-7-8-14(16(24)10-13)18-23-15-5-3-4-6-17(15)25-18/h3-10,24H,1-2H3,(H,20,21,22). The van der Waals surface area contributed by atoms with Crippen molar-refractivity contribution in [3.05, 3.63) is 59.9 Å².